The van der Waals surface area contributed by atoms with Crippen LogP contribution < -0.4 is 25.6 Å². The van der Waals surface area contributed by atoms with Gasteiger partial charge in [0.25, 0.3) is 0 Å². The van der Waals surface area contributed by atoms with Gasteiger partial charge in [-0.05, 0) is 67.4 Å². The Hall–Kier alpha value is -6.94. The minimum atomic E-state index is -4.38. The fourth-order valence-corrected chi connectivity index (χ4v) is 9.05. The highest BCUT2D eigenvalue weighted by molar-refractivity contribution is 7.90. The SMILES string of the molecule is C[C@H](COc1cccc(S(=O)(=O)N[C@@H](C)CO)c1-c1ccc(-c2ncc(N)nc2C#N)c(F)c1)NS(=O)(=O)c1ccccc1-c1ccc(-c2ncc(N)nc2C#N)c(F)c1. The highest BCUT2D eigenvalue weighted by Crippen LogP contribution is 2.39. The lowest BCUT2D eigenvalue weighted by atomic mass is 10.0. The number of sulfonamides is 2. The van der Waals surface area contributed by atoms with Crippen molar-refractivity contribution in [3.63, 3.8) is 0 Å². The lowest BCUT2D eigenvalue weighted by Crippen LogP contribution is -2.37. The van der Waals surface area contributed by atoms with Crippen molar-refractivity contribution in [1.82, 2.24) is 29.4 Å². The number of rotatable bonds is 14. The molecule has 0 aliphatic carbocycles. The van der Waals surface area contributed by atoms with E-state index < -0.39 is 50.4 Å². The Balaban J connectivity index is 1.30. The quantitative estimate of drug-likeness (QED) is 0.101. The number of anilines is 2. The molecule has 306 valence electrons. The predicted molar refractivity (Wildman–Crippen MR) is 216 cm³/mol. The van der Waals surface area contributed by atoms with Gasteiger partial charge >= 0.3 is 0 Å². The maximum atomic E-state index is 15.9. The molecule has 2 heterocycles. The van der Waals surface area contributed by atoms with Crippen LogP contribution in [0.25, 0.3) is 44.8 Å². The lowest BCUT2D eigenvalue weighted by Gasteiger charge is -2.21. The highest BCUT2D eigenvalue weighted by Gasteiger charge is 2.27. The van der Waals surface area contributed by atoms with Crippen LogP contribution in [0.3, 0.4) is 0 Å². The van der Waals surface area contributed by atoms with Crippen molar-refractivity contribution in [1.29, 1.82) is 10.5 Å². The van der Waals surface area contributed by atoms with Gasteiger partial charge in [-0.15, -0.1) is 0 Å². The molecule has 0 unspecified atom stereocenters. The normalized spacial score (nSPS) is 12.6. The van der Waals surface area contributed by atoms with Gasteiger partial charge in [-0.25, -0.2) is 55.0 Å². The molecule has 0 aliphatic rings. The molecule has 4 aromatic carbocycles. The molecule has 16 nitrogen and oxygen atoms in total. The van der Waals surface area contributed by atoms with Gasteiger partial charge in [0.2, 0.25) is 20.0 Å². The zero-order valence-corrected chi connectivity index (χ0v) is 33.3. The van der Waals surface area contributed by atoms with Gasteiger partial charge in [0.1, 0.15) is 59.2 Å². The van der Waals surface area contributed by atoms with Gasteiger partial charge in [0, 0.05) is 28.3 Å². The molecule has 0 fully saturated rings. The summed E-state index contributed by atoms with van der Waals surface area (Å²) in [5.41, 5.74) is 10.8. The van der Waals surface area contributed by atoms with Crippen LogP contribution in [-0.2, 0) is 20.0 Å². The zero-order chi connectivity index (χ0) is 43.4. The number of aliphatic hydroxyl groups is 1. The molecule has 6 rings (SSSR count). The Morgan fingerprint density at radius 3 is 1.80 bits per heavy atom. The van der Waals surface area contributed by atoms with E-state index in [2.05, 4.69) is 29.4 Å². The first-order valence-electron chi connectivity index (χ1n) is 17.7. The molecule has 60 heavy (non-hydrogen) atoms. The number of aliphatic hydroxyl groups excluding tert-OH is 1. The number of nitrogens with one attached hydrogen (secondary N) is 2. The number of hydrogen-bond donors (Lipinski definition) is 5. The fraction of sp³-hybridized carbons (Fsp3) is 0.150. The summed E-state index contributed by atoms with van der Waals surface area (Å²) in [4.78, 5) is 15.3. The van der Waals surface area contributed by atoms with Crippen molar-refractivity contribution in [2.45, 2.75) is 35.7 Å². The van der Waals surface area contributed by atoms with Crippen LogP contribution in [0, 0.1) is 34.3 Å². The Morgan fingerprint density at radius 2 is 1.23 bits per heavy atom. The van der Waals surface area contributed by atoms with Crippen LogP contribution in [0.2, 0.25) is 0 Å². The van der Waals surface area contributed by atoms with E-state index in [1.165, 1.54) is 80.7 Å². The molecular formula is C40H34F2N10O6S2. The molecule has 0 bridgehead atoms. The monoisotopic (exact) mass is 852 g/mol. The second-order valence-corrected chi connectivity index (χ2v) is 16.6. The summed E-state index contributed by atoms with van der Waals surface area (Å²) in [5.74, 6) is -1.84. The van der Waals surface area contributed by atoms with Crippen molar-refractivity contribution in [3.8, 4) is 62.7 Å². The van der Waals surface area contributed by atoms with Gasteiger partial charge in [0.05, 0.1) is 34.8 Å². The number of aromatic nitrogens is 4. The van der Waals surface area contributed by atoms with E-state index in [0.717, 1.165) is 18.3 Å². The molecule has 2 atom stereocenters. The number of nitriles is 2. The van der Waals surface area contributed by atoms with Crippen molar-refractivity contribution >= 4 is 31.7 Å². The molecule has 0 amide bonds. The van der Waals surface area contributed by atoms with Gasteiger partial charge in [-0.3, -0.25) is 0 Å². The summed E-state index contributed by atoms with van der Waals surface area (Å²) < 4.78 is 97.4. The Labute approximate surface area is 343 Å². The van der Waals surface area contributed by atoms with E-state index >= 15 is 8.78 Å². The van der Waals surface area contributed by atoms with Crippen molar-refractivity contribution in [2.24, 2.45) is 0 Å². The van der Waals surface area contributed by atoms with Gasteiger partial charge < -0.3 is 21.3 Å². The number of nitrogens with two attached hydrogens (primary N) is 2. The summed E-state index contributed by atoms with van der Waals surface area (Å²) in [6.07, 6.45) is 2.34. The third-order valence-electron chi connectivity index (χ3n) is 8.77. The van der Waals surface area contributed by atoms with E-state index in [1.807, 2.05) is 12.1 Å². The second kappa shape index (κ2) is 17.5. The van der Waals surface area contributed by atoms with Crippen molar-refractivity contribution in [3.05, 3.63) is 114 Å². The van der Waals surface area contributed by atoms with Crippen LogP contribution >= 0.6 is 0 Å². The number of benzene rings is 4. The Bertz CT molecular complexity index is 2940. The van der Waals surface area contributed by atoms with Crippen LogP contribution in [0.4, 0.5) is 20.4 Å². The number of hydrogen-bond acceptors (Lipinski definition) is 14. The minimum absolute atomic E-state index is 0.0227. The highest BCUT2D eigenvalue weighted by atomic mass is 32.2. The average molecular weight is 853 g/mol. The molecule has 2 aromatic heterocycles. The van der Waals surface area contributed by atoms with Gasteiger partial charge in [-0.1, -0.05) is 36.4 Å². The summed E-state index contributed by atoms with van der Waals surface area (Å²) in [6.45, 7) is 2.04. The van der Waals surface area contributed by atoms with Gasteiger partial charge in [-0.2, -0.15) is 10.5 Å². The topological polar surface area (TPSA) is 273 Å². The standard InChI is InChI=1S/C40H34F2N10O6S2/c1-22(20-53)51-60(56,57)35-9-5-7-33(38(35)25-11-13-28(30(42)15-25)40-32(17-44)50-37(46)19-48-40)58-21-23(2)52-59(54,55)34-8-4-3-6-26(34)24-10-12-27(29(41)14-24)39-31(16-43)49-36(45)18-47-39/h3-15,18-19,22-23,51-53H,20-21H2,1-2H3,(H2,45,49)(H2,46,50)/t22-,23+/m0/s1. The first kappa shape index (κ1) is 42.7. The fourth-order valence-electron chi connectivity index (χ4n) is 6.11. The molecular weight excluding hydrogens is 819 g/mol. The molecule has 0 spiro atoms. The number of halogens is 2. The molecule has 0 saturated carbocycles. The van der Waals surface area contributed by atoms with Crippen molar-refractivity contribution < 1.29 is 35.5 Å². The molecule has 20 heteroatoms. The van der Waals surface area contributed by atoms with E-state index in [-0.39, 0.29) is 89.9 Å². The van der Waals surface area contributed by atoms with Crippen molar-refractivity contribution in [2.75, 3.05) is 24.7 Å². The average Bonchev–Trinajstić information content (AvgIpc) is 3.22. The number of nitrogens with zero attached hydrogens (tertiary/aromatic N) is 6. The third-order valence-corrected chi connectivity index (χ3v) is 12.1. The summed E-state index contributed by atoms with van der Waals surface area (Å²) in [7, 11) is -8.72. The van der Waals surface area contributed by atoms with Crippen LogP contribution in [-0.4, -0.2) is 67.2 Å². The van der Waals surface area contributed by atoms with E-state index in [1.54, 1.807) is 6.07 Å². The lowest BCUT2D eigenvalue weighted by molar-refractivity contribution is 0.265. The minimum Gasteiger partial charge on any atom is -0.491 e. The zero-order valence-electron chi connectivity index (χ0n) is 31.6. The van der Waals surface area contributed by atoms with E-state index in [9.17, 15) is 32.5 Å². The van der Waals surface area contributed by atoms with Crippen LogP contribution in [0.15, 0.2) is 101 Å². The molecule has 0 radical (unpaired) electrons. The Kier molecular flexibility index (Phi) is 12.4. The summed E-state index contributed by atoms with van der Waals surface area (Å²) in [5, 5.41) is 28.6. The first-order chi connectivity index (χ1) is 28.6. The van der Waals surface area contributed by atoms with Gasteiger partial charge in [0.15, 0.2) is 11.4 Å². The summed E-state index contributed by atoms with van der Waals surface area (Å²) >= 11 is 0. The second-order valence-electron chi connectivity index (χ2n) is 13.3. The molecule has 0 saturated heterocycles. The molecule has 7 N–H and O–H groups in total. The molecule has 6 aromatic rings. The third kappa shape index (κ3) is 9.03. The smallest absolute Gasteiger partial charge is 0.241 e. The summed E-state index contributed by atoms with van der Waals surface area (Å²) in [6, 6.07) is 19.3. The van der Waals surface area contributed by atoms with Crippen LogP contribution in [0.5, 0.6) is 5.75 Å². The maximum Gasteiger partial charge on any atom is 0.241 e. The van der Waals surface area contributed by atoms with Crippen LogP contribution in [0.1, 0.15) is 25.2 Å². The van der Waals surface area contributed by atoms with E-state index in [0.29, 0.717) is 0 Å². The first-order valence-corrected chi connectivity index (χ1v) is 20.7. The number of ether oxygens (including phenoxy) is 1. The number of nitrogen functional groups attached to an aromatic ring is 2. The predicted octanol–water partition coefficient (Wildman–Crippen LogP) is 4.53. The Morgan fingerprint density at radius 1 is 0.717 bits per heavy atom. The molecule has 0 aliphatic heterocycles. The largest absolute Gasteiger partial charge is 0.491 e. The maximum absolute atomic E-state index is 15.9. The van der Waals surface area contributed by atoms with E-state index in [4.69, 9.17) is 16.2 Å².